The van der Waals surface area contributed by atoms with Gasteiger partial charge in [-0.1, -0.05) is 11.6 Å². The second-order valence-electron chi connectivity index (χ2n) is 6.19. The molecule has 0 amide bonds. The summed E-state index contributed by atoms with van der Waals surface area (Å²) >= 11 is 6.07. The van der Waals surface area contributed by atoms with Gasteiger partial charge in [-0.2, -0.15) is 18.6 Å². The van der Waals surface area contributed by atoms with E-state index in [-0.39, 0.29) is 27.2 Å². The first kappa shape index (κ1) is 21.2. The van der Waals surface area contributed by atoms with Crippen LogP contribution in [0.3, 0.4) is 0 Å². The summed E-state index contributed by atoms with van der Waals surface area (Å²) in [7, 11) is -3.47. The molecule has 1 aliphatic heterocycles. The van der Waals surface area contributed by atoms with E-state index in [1.54, 1.807) is 0 Å². The molecule has 0 aliphatic carbocycles. The highest BCUT2D eigenvalue weighted by Crippen LogP contribution is 2.44. The van der Waals surface area contributed by atoms with Crippen molar-refractivity contribution in [1.29, 1.82) is 0 Å². The average Bonchev–Trinajstić information content (AvgIpc) is 2.95. The van der Waals surface area contributed by atoms with E-state index in [1.807, 2.05) is 0 Å². The predicted molar refractivity (Wildman–Crippen MR) is 99.8 cm³/mol. The topological polar surface area (TPSA) is 132 Å². The number of guanidine groups is 1. The zero-order valence-electron chi connectivity index (χ0n) is 14.7. The van der Waals surface area contributed by atoms with Gasteiger partial charge in [0, 0.05) is 11.8 Å². The lowest BCUT2D eigenvalue weighted by Gasteiger charge is -2.24. The van der Waals surface area contributed by atoms with Crippen LogP contribution in [0.2, 0.25) is 5.02 Å². The van der Waals surface area contributed by atoms with Gasteiger partial charge in [0.25, 0.3) is 0 Å². The van der Waals surface area contributed by atoms with Crippen molar-refractivity contribution in [2.75, 3.05) is 6.26 Å². The van der Waals surface area contributed by atoms with Crippen LogP contribution in [0.5, 0.6) is 11.5 Å². The van der Waals surface area contributed by atoms with Gasteiger partial charge in [0.05, 0.1) is 9.92 Å². The molecule has 13 heteroatoms. The Bertz CT molecular complexity index is 1090. The number of halogens is 4. The number of alkyl halides is 3. The Morgan fingerprint density at radius 1 is 1.21 bits per heavy atom. The minimum Gasteiger partial charge on any atom is -0.455 e. The molecule has 0 fully saturated rings. The first-order chi connectivity index (χ1) is 13.3. The number of hydrogen-bond donors (Lipinski definition) is 4. The lowest BCUT2D eigenvalue weighted by atomic mass is 10.0. The minimum atomic E-state index is -4.83. The summed E-state index contributed by atoms with van der Waals surface area (Å²) in [6.07, 6.45) is -3.83. The lowest BCUT2D eigenvalue weighted by Crippen LogP contribution is -2.50. The molecule has 0 aromatic heterocycles. The summed E-state index contributed by atoms with van der Waals surface area (Å²) in [5, 5.41) is -0.380. The Balaban J connectivity index is 2.05. The summed E-state index contributed by atoms with van der Waals surface area (Å²) in [6, 6.07) is 6.76. The Hall–Kier alpha value is -2.54. The van der Waals surface area contributed by atoms with E-state index < -0.39 is 33.1 Å². The molecule has 6 N–H and O–H groups in total. The van der Waals surface area contributed by atoms with Crippen LogP contribution < -0.4 is 27.1 Å². The van der Waals surface area contributed by atoms with Crippen molar-refractivity contribution in [2.45, 2.75) is 16.9 Å². The third-order valence-electron chi connectivity index (χ3n) is 3.94. The molecular formula is C16H15ClF3N5O3S. The van der Waals surface area contributed by atoms with Gasteiger partial charge in [-0.3, -0.25) is 11.2 Å². The van der Waals surface area contributed by atoms with Gasteiger partial charge >= 0.3 is 6.18 Å². The number of ether oxygens (including phenoxy) is 1. The van der Waals surface area contributed by atoms with Gasteiger partial charge in [-0.05, 0) is 36.4 Å². The summed E-state index contributed by atoms with van der Waals surface area (Å²) in [4.78, 5) is 3.82. The molecule has 0 radical (unpaired) electrons. The number of sulfone groups is 1. The van der Waals surface area contributed by atoms with E-state index in [1.165, 1.54) is 24.3 Å². The molecule has 0 saturated carbocycles. The average molecular weight is 450 g/mol. The van der Waals surface area contributed by atoms with Crippen molar-refractivity contribution >= 4 is 27.4 Å². The largest absolute Gasteiger partial charge is 0.455 e. The van der Waals surface area contributed by atoms with Crippen molar-refractivity contribution in [2.24, 2.45) is 16.5 Å². The molecule has 0 saturated heterocycles. The number of hydrazine groups is 1. The SMILES string of the molecule is CS(=O)(=O)c1ccc(Oc2c(Cl)cc(C3(N)N=C(N)NN3)cc2C(F)(F)F)cc1. The van der Waals surface area contributed by atoms with E-state index in [9.17, 15) is 21.6 Å². The monoisotopic (exact) mass is 449 g/mol. The Labute approximate surface area is 168 Å². The van der Waals surface area contributed by atoms with E-state index in [4.69, 9.17) is 27.8 Å². The number of nitrogens with one attached hydrogen (secondary N) is 2. The zero-order valence-corrected chi connectivity index (χ0v) is 16.3. The van der Waals surface area contributed by atoms with Gasteiger partial charge in [-0.15, -0.1) is 0 Å². The van der Waals surface area contributed by atoms with Crippen LogP contribution in [0.25, 0.3) is 0 Å². The third-order valence-corrected chi connectivity index (χ3v) is 5.35. The number of nitrogens with zero attached hydrogens (tertiary/aromatic N) is 1. The summed E-state index contributed by atoms with van der Waals surface area (Å²) < 4.78 is 69.3. The van der Waals surface area contributed by atoms with Crippen molar-refractivity contribution in [3.63, 3.8) is 0 Å². The molecule has 8 nitrogen and oxygen atoms in total. The van der Waals surface area contributed by atoms with Crippen LogP contribution in [0, 0.1) is 0 Å². The zero-order chi connectivity index (χ0) is 21.6. The van der Waals surface area contributed by atoms with Crippen LogP contribution in [0.1, 0.15) is 11.1 Å². The highest BCUT2D eigenvalue weighted by atomic mass is 35.5. The fraction of sp³-hybridized carbons (Fsp3) is 0.188. The fourth-order valence-electron chi connectivity index (χ4n) is 2.54. The van der Waals surface area contributed by atoms with Crippen molar-refractivity contribution in [3.8, 4) is 11.5 Å². The maximum absolute atomic E-state index is 13.7. The van der Waals surface area contributed by atoms with Gasteiger partial charge in [-0.25, -0.2) is 13.4 Å². The van der Waals surface area contributed by atoms with Crippen LogP contribution in [-0.4, -0.2) is 20.6 Å². The van der Waals surface area contributed by atoms with Gasteiger partial charge in [0.15, 0.2) is 15.6 Å². The molecule has 0 spiro atoms. The minimum absolute atomic E-state index is 0.0114. The molecule has 2 aromatic rings. The Morgan fingerprint density at radius 2 is 1.83 bits per heavy atom. The Morgan fingerprint density at radius 3 is 2.31 bits per heavy atom. The molecule has 1 unspecified atom stereocenters. The molecule has 2 aromatic carbocycles. The highest BCUT2D eigenvalue weighted by Gasteiger charge is 2.40. The summed E-state index contributed by atoms with van der Waals surface area (Å²) in [5.41, 5.74) is 15.0. The molecule has 156 valence electrons. The Kier molecular flexibility index (Phi) is 5.15. The molecule has 29 heavy (non-hydrogen) atoms. The number of rotatable bonds is 4. The highest BCUT2D eigenvalue weighted by molar-refractivity contribution is 7.90. The van der Waals surface area contributed by atoms with E-state index in [0.717, 1.165) is 18.4 Å². The quantitative estimate of drug-likeness (QED) is 0.561. The number of nitrogens with two attached hydrogens (primary N) is 2. The maximum Gasteiger partial charge on any atom is 0.420 e. The number of hydrogen-bond acceptors (Lipinski definition) is 8. The van der Waals surface area contributed by atoms with E-state index in [0.29, 0.717) is 0 Å². The van der Waals surface area contributed by atoms with Crippen LogP contribution in [0.4, 0.5) is 13.2 Å². The maximum atomic E-state index is 13.7. The molecule has 1 heterocycles. The normalized spacial score (nSPS) is 19.6. The molecule has 1 aliphatic rings. The summed E-state index contributed by atoms with van der Waals surface area (Å²) in [5.74, 6) is -2.57. The second-order valence-corrected chi connectivity index (χ2v) is 8.61. The first-order valence-corrected chi connectivity index (χ1v) is 10.1. The van der Waals surface area contributed by atoms with Gasteiger partial charge < -0.3 is 10.5 Å². The van der Waals surface area contributed by atoms with Crippen molar-refractivity contribution in [1.82, 2.24) is 10.9 Å². The van der Waals surface area contributed by atoms with E-state index >= 15 is 0 Å². The van der Waals surface area contributed by atoms with Crippen LogP contribution in [-0.2, 0) is 21.8 Å². The molecule has 3 rings (SSSR count). The van der Waals surface area contributed by atoms with Crippen molar-refractivity contribution < 1.29 is 26.3 Å². The van der Waals surface area contributed by atoms with Gasteiger partial charge in [0.1, 0.15) is 11.3 Å². The molecular weight excluding hydrogens is 435 g/mol. The third kappa shape index (κ3) is 4.40. The number of aliphatic imine (C=N–C) groups is 1. The van der Waals surface area contributed by atoms with E-state index in [2.05, 4.69) is 15.8 Å². The fourth-order valence-corrected chi connectivity index (χ4v) is 3.43. The van der Waals surface area contributed by atoms with Crippen molar-refractivity contribution in [3.05, 3.63) is 52.5 Å². The molecule has 1 atom stereocenters. The number of benzene rings is 2. The predicted octanol–water partition coefficient (Wildman–Crippen LogP) is 2.05. The second kappa shape index (κ2) is 7.06. The molecule has 0 bridgehead atoms. The first-order valence-electron chi connectivity index (χ1n) is 7.86. The lowest BCUT2D eigenvalue weighted by molar-refractivity contribution is -0.138. The summed E-state index contributed by atoms with van der Waals surface area (Å²) in [6.45, 7) is 0. The van der Waals surface area contributed by atoms with Crippen LogP contribution in [0.15, 0.2) is 46.3 Å². The van der Waals surface area contributed by atoms with Gasteiger partial charge in [0.2, 0.25) is 11.7 Å². The smallest absolute Gasteiger partial charge is 0.420 e. The van der Waals surface area contributed by atoms with Crippen LogP contribution >= 0.6 is 11.6 Å². The standard InChI is InChI=1S/C16H15ClF3N5O3S/c1-29(26,27)10-4-2-9(3-5-10)28-13-11(15(18,19)20)6-8(7-12(13)17)16(22)23-14(21)24-25-16/h2-7,25H,22H2,1H3,(H3,21,23,24).